The van der Waals surface area contributed by atoms with Crippen LogP contribution in [0.1, 0.15) is 10.4 Å². The number of carbonyl (C=O) groups is 1. The Bertz CT molecular complexity index is 351. The van der Waals surface area contributed by atoms with Crippen LogP contribution in [0.2, 0.25) is 0 Å². The molecule has 1 aliphatic rings. The fourth-order valence-electron chi connectivity index (χ4n) is 1.15. The monoisotopic (exact) mass is 179 g/mol. The Morgan fingerprint density at radius 1 is 1.62 bits per heavy atom. The molecule has 2 heterocycles. The molecular weight excluding hydrogens is 170 g/mol. The molecule has 13 heavy (non-hydrogen) atoms. The average molecular weight is 179 g/mol. The topological polar surface area (TPSA) is 77.2 Å². The first-order valence-corrected chi connectivity index (χ1v) is 3.94. The Morgan fingerprint density at radius 3 is 3.31 bits per heavy atom. The lowest BCUT2D eigenvalue weighted by molar-refractivity contribution is 0.0957. The molecule has 0 fully saturated rings. The van der Waals surface area contributed by atoms with Crippen molar-refractivity contribution in [1.29, 1.82) is 0 Å². The molecule has 0 bridgehead atoms. The second kappa shape index (κ2) is 2.93. The van der Waals surface area contributed by atoms with E-state index in [1.807, 2.05) is 0 Å². The Morgan fingerprint density at radius 2 is 2.46 bits per heavy atom. The van der Waals surface area contributed by atoms with Crippen molar-refractivity contribution in [2.75, 3.05) is 18.9 Å². The van der Waals surface area contributed by atoms with Gasteiger partial charge in [-0.2, -0.15) is 0 Å². The van der Waals surface area contributed by atoms with Crippen molar-refractivity contribution < 1.29 is 9.53 Å². The first kappa shape index (κ1) is 7.85. The number of hydrogen-bond donors (Lipinski definition) is 2. The molecule has 2 rings (SSSR count). The maximum atomic E-state index is 11.4. The van der Waals surface area contributed by atoms with E-state index in [1.54, 1.807) is 6.07 Å². The van der Waals surface area contributed by atoms with Gasteiger partial charge >= 0.3 is 0 Å². The van der Waals surface area contributed by atoms with Crippen molar-refractivity contribution in [3.8, 4) is 5.88 Å². The Kier molecular flexibility index (Phi) is 1.77. The van der Waals surface area contributed by atoms with Gasteiger partial charge in [-0.15, -0.1) is 0 Å². The molecule has 1 amide bonds. The molecule has 0 saturated heterocycles. The van der Waals surface area contributed by atoms with Crippen LogP contribution in [0.4, 0.5) is 5.69 Å². The maximum absolute atomic E-state index is 11.4. The number of amides is 1. The molecule has 0 saturated carbocycles. The summed E-state index contributed by atoms with van der Waals surface area (Å²) < 4.78 is 5.22. The van der Waals surface area contributed by atoms with Crippen LogP contribution in [0.3, 0.4) is 0 Å². The number of rotatable bonds is 0. The lowest BCUT2D eigenvalue weighted by atomic mass is 10.2. The van der Waals surface area contributed by atoms with E-state index >= 15 is 0 Å². The van der Waals surface area contributed by atoms with Gasteiger partial charge in [-0.3, -0.25) is 4.79 Å². The molecule has 0 aliphatic carbocycles. The molecule has 5 nitrogen and oxygen atoms in total. The van der Waals surface area contributed by atoms with Crippen LogP contribution in [0.5, 0.6) is 5.88 Å². The van der Waals surface area contributed by atoms with Gasteiger partial charge in [0.05, 0.1) is 18.4 Å². The summed E-state index contributed by atoms with van der Waals surface area (Å²) in [5.74, 6) is 0.163. The average Bonchev–Trinajstić information content (AvgIpc) is 2.29. The third-order valence-electron chi connectivity index (χ3n) is 1.74. The van der Waals surface area contributed by atoms with E-state index in [-0.39, 0.29) is 5.91 Å². The number of pyridine rings is 1. The van der Waals surface area contributed by atoms with Gasteiger partial charge in [0.15, 0.2) is 0 Å². The van der Waals surface area contributed by atoms with Crippen molar-refractivity contribution in [2.45, 2.75) is 0 Å². The normalized spacial score (nSPS) is 15.2. The van der Waals surface area contributed by atoms with Gasteiger partial charge in [-0.05, 0) is 6.07 Å². The third-order valence-corrected chi connectivity index (χ3v) is 1.74. The summed E-state index contributed by atoms with van der Waals surface area (Å²) in [5.41, 5.74) is 6.36. The van der Waals surface area contributed by atoms with Crippen LogP contribution in [-0.2, 0) is 0 Å². The van der Waals surface area contributed by atoms with Crippen LogP contribution in [-0.4, -0.2) is 24.0 Å². The molecule has 1 aromatic rings. The molecule has 0 unspecified atom stereocenters. The number of carbonyl (C=O) groups excluding carboxylic acids is 1. The number of anilines is 1. The standard InChI is InChI=1S/C8H9N3O2/c9-5-3-6-7(12)10-1-2-13-8(6)11-4-5/h3-4H,1-2,9H2,(H,10,12). The van der Waals surface area contributed by atoms with Crippen LogP contribution in [0.15, 0.2) is 12.3 Å². The summed E-state index contributed by atoms with van der Waals surface area (Å²) in [6.45, 7) is 0.935. The molecule has 0 aromatic carbocycles. The number of nitrogens with two attached hydrogens (primary N) is 1. The Balaban J connectivity index is 2.49. The lowest BCUT2D eigenvalue weighted by Crippen LogP contribution is -2.24. The predicted molar refractivity (Wildman–Crippen MR) is 46.5 cm³/mol. The van der Waals surface area contributed by atoms with E-state index < -0.39 is 0 Å². The van der Waals surface area contributed by atoms with Crippen LogP contribution in [0, 0.1) is 0 Å². The maximum Gasteiger partial charge on any atom is 0.256 e. The van der Waals surface area contributed by atoms with Crippen molar-refractivity contribution in [3.05, 3.63) is 17.8 Å². The van der Waals surface area contributed by atoms with Crippen molar-refractivity contribution in [1.82, 2.24) is 10.3 Å². The number of ether oxygens (including phenoxy) is 1. The molecule has 3 N–H and O–H groups in total. The minimum atomic E-state index is -0.188. The number of aromatic nitrogens is 1. The molecule has 5 heteroatoms. The summed E-state index contributed by atoms with van der Waals surface area (Å²) in [7, 11) is 0. The highest BCUT2D eigenvalue weighted by molar-refractivity contribution is 5.97. The van der Waals surface area contributed by atoms with Gasteiger partial charge < -0.3 is 15.8 Å². The summed E-state index contributed by atoms with van der Waals surface area (Å²) in [6, 6.07) is 1.56. The quantitative estimate of drug-likeness (QED) is 0.577. The first-order valence-electron chi connectivity index (χ1n) is 3.94. The zero-order valence-electron chi connectivity index (χ0n) is 6.91. The van der Waals surface area contributed by atoms with E-state index in [2.05, 4.69) is 10.3 Å². The highest BCUT2D eigenvalue weighted by Gasteiger charge is 2.17. The molecular formula is C8H9N3O2. The summed E-state index contributed by atoms with van der Waals surface area (Å²) in [4.78, 5) is 15.3. The van der Waals surface area contributed by atoms with E-state index in [0.29, 0.717) is 30.3 Å². The van der Waals surface area contributed by atoms with E-state index in [1.165, 1.54) is 6.20 Å². The van der Waals surface area contributed by atoms with Gasteiger partial charge in [-0.1, -0.05) is 0 Å². The summed E-state index contributed by atoms with van der Waals surface area (Å²) in [5, 5.41) is 2.67. The van der Waals surface area contributed by atoms with Crippen LogP contribution < -0.4 is 15.8 Å². The zero-order valence-corrected chi connectivity index (χ0v) is 6.91. The van der Waals surface area contributed by atoms with Gasteiger partial charge in [-0.25, -0.2) is 4.98 Å². The predicted octanol–water partition coefficient (Wildman–Crippen LogP) is -0.214. The lowest BCUT2D eigenvalue weighted by Gasteiger charge is -2.03. The fraction of sp³-hybridized carbons (Fsp3) is 0.250. The third kappa shape index (κ3) is 1.40. The minimum Gasteiger partial charge on any atom is -0.475 e. The highest BCUT2D eigenvalue weighted by atomic mass is 16.5. The van der Waals surface area contributed by atoms with Crippen molar-refractivity contribution in [2.24, 2.45) is 0 Å². The molecule has 0 radical (unpaired) electrons. The first-order chi connectivity index (χ1) is 6.27. The van der Waals surface area contributed by atoms with Crippen LogP contribution in [0.25, 0.3) is 0 Å². The van der Waals surface area contributed by atoms with E-state index in [0.717, 1.165) is 0 Å². The largest absolute Gasteiger partial charge is 0.475 e. The van der Waals surface area contributed by atoms with Crippen molar-refractivity contribution in [3.63, 3.8) is 0 Å². The molecule has 68 valence electrons. The SMILES string of the molecule is Nc1cnc2c(c1)C(=O)NCCO2. The number of fused-ring (bicyclic) bond motifs is 1. The second-order valence-electron chi connectivity index (χ2n) is 2.73. The smallest absolute Gasteiger partial charge is 0.256 e. The molecule has 1 aromatic heterocycles. The van der Waals surface area contributed by atoms with Gasteiger partial charge in [0.1, 0.15) is 12.2 Å². The molecule has 0 spiro atoms. The fourth-order valence-corrected chi connectivity index (χ4v) is 1.15. The molecule has 1 aliphatic heterocycles. The second-order valence-corrected chi connectivity index (χ2v) is 2.73. The number of nitrogens with one attached hydrogen (secondary N) is 1. The number of hydrogen-bond acceptors (Lipinski definition) is 4. The molecule has 0 atom stereocenters. The van der Waals surface area contributed by atoms with Gasteiger partial charge in [0.2, 0.25) is 5.88 Å². The zero-order chi connectivity index (χ0) is 9.26. The van der Waals surface area contributed by atoms with Gasteiger partial charge in [0.25, 0.3) is 5.91 Å². The Labute approximate surface area is 74.9 Å². The van der Waals surface area contributed by atoms with Gasteiger partial charge in [0, 0.05) is 0 Å². The minimum absolute atomic E-state index is 0.188. The highest BCUT2D eigenvalue weighted by Crippen LogP contribution is 2.18. The van der Waals surface area contributed by atoms with Crippen LogP contribution >= 0.6 is 0 Å². The van der Waals surface area contributed by atoms with E-state index in [9.17, 15) is 4.79 Å². The van der Waals surface area contributed by atoms with E-state index in [4.69, 9.17) is 10.5 Å². The number of nitrogens with zero attached hydrogens (tertiary/aromatic N) is 1. The van der Waals surface area contributed by atoms with Crippen molar-refractivity contribution >= 4 is 11.6 Å². The summed E-state index contributed by atoms with van der Waals surface area (Å²) in [6.07, 6.45) is 1.47. The summed E-state index contributed by atoms with van der Waals surface area (Å²) >= 11 is 0. The Hall–Kier alpha value is -1.78. The number of nitrogen functional groups attached to an aromatic ring is 1.